The third-order valence-electron chi connectivity index (χ3n) is 5.30. The van der Waals surface area contributed by atoms with Gasteiger partial charge in [-0.25, -0.2) is 18.0 Å². The molecule has 10 heteroatoms. The summed E-state index contributed by atoms with van der Waals surface area (Å²) in [4.78, 5) is 36.3. The Bertz CT molecular complexity index is 906. The van der Waals surface area contributed by atoms with Crippen LogP contribution in [0.5, 0.6) is 0 Å². The largest absolute Gasteiger partial charge is 0.452 e. The molecule has 9 nitrogen and oxygen atoms in total. The molecule has 0 aliphatic heterocycles. The van der Waals surface area contributed by atoms with Crippen molar-refractivity contribution in [2.45, 2.75) is 63.8 Å². The zero-order valence-electron chi connectivity index (χ0n) is 18.3. The van der Waals surface area contributed by atoms with Crippen molar-refractivity contribution in [1.82, 2.24) is 14.9 Å². The summed E-state index contributed by atoms with van der Waals surface area (Å²) in [5.74, 6) is -1.59. The van der Waals surface area contributed by atoms with E-state index in [2.05, 4.69) is 10.6 Å². The molecule has 0 heterocycles. The van der Waals surface area contributed by atoms with Crippen LogP contribution in [0.1, 0.15) is 61.9 Å². The average Bonchev–Trinajstić information content (AvgIpc) is 2.73. The van der Waals surface area contributed by atoms with E-state index in [0.717, 1.165) is 32.1 Å². The van der Waals surface area contributed by atoms with Gasteiger partial charge in [0.2, 0.25) is 10.0 Å². The lowest BCUT2D eigenvalue weighted by Crippen LogP contribution is -2.46. The standard InChI is InChI=1S/C21H31N3O6S/c1-4-24(5-2)31(28,29)17-12-11-15(3)18(13-17)20(26)30-14-19(25)23-21(27)22-16-9-7-6-8-10-16/h11-13,16H,4-10,14H2,1-3H3,(H2,22,23,25,27). The molecule has 1 aliphatic carbocycles. The van der Waals surface area contributed by atoms with Gasteiger partial charge in [-0.05, 0) is 37.5 Å². The Morgan fingerprint density at radius 3 is 2.35 bits per heavy atom. The van der Waals surface area contributed by atoms with Gasteiger partial charge >= 0.3 is 12.0 Å². The van der Waals surface area contributed by atoms with E-state index in [0.29, 0.717) is 18.7 Å². The number of urea groups is 1. The smallest absolute Gasteiger partial charge is 0.338 e. The molecule has 0 atom stereocenters. The first-order valence-corrected chi connectivity index (χ1v) is 12.0. The average molecular weight is 454 g/mol. The van der Waals surface area contributed by atoms with Crippen LogP contribution in [0.2, 0.25) is 0 Å². The molecule has 2 rings (SSSR count). The minimum atomic E-state index is -3.74. The van der Waals surface area contributed by atoms with Gasteiger partial charge in [-0.15, -0.1) is 0 Å². The summed E-state index contributed by atoms with van der Waals surface area (Å²) in [6.45, 7) is 5.05. The summed E-state index contributed by atoms with van der Waals surface area (Å²) >= 11 is 0. The molecule has 0 spiro atoms. The molecular weight excluding hydrogens is 422 g/mol. The lowest BCUT2D eigenvalue weighted by Gasteiger charge is -2.22. The monoisotopic (exact) mass is 453 g/mol. The topological polar surface area (TPSA) is 122 Å². The predicted octanol–water partition coefficient (Wildman–Crippen LogP) is 2.34. The van der Waals surface area contributed by atoms with Crippen LogP contribution < -0.4 is 10.6 Å². The molecule has 0 radical (unpaired) electrons. The summed E-state index contributed by atoms with van der Waals surface area (Å²) in [6.07, 6.45) is 4.98. The highest BCUT2D eigenvalue weighted by Gasteiger charge is 2.24. The number of nitrogens with zero attached hydrogens (tertiary/aromatic N) is 1. The molecule has 0 saturated heterocycles. The molecule has 172 valence electrons. The number of hydrogen-bond acceptors (Lipinski definition) is 6. The van der Waals surface area contributed by atoms with Crippen molar-refractivity contribution in [3.8, 4) is 0 Å². The predicted molar refractivity (Wildman–Crippen MR) is 115 cm³/mol. The van der Waals surface area contributed by atoms with Crippen LogP contribution in [0.3, 0.4) is 0 Å². The molecule has 3 amide bonds. The molecule has 1 aromatic rings. The van der Waals surface area contributed by atoms with Crippen molar-refractivity contribution >= 4 is 27.9 Å². The zero-order chi connectivity index (χ0) is 23.0. The highest BCUT2D eigenvalue weighted by Crippen LogP contribution is 2.20. The van der Waals surface area contributed by atoms with Crippen LogP contribution in [-0.4, -0.2) is 56.4 Å². The van der Waals surface area contributed by atoms with Gasteiger partial charge in [0.05, 0.1) is 10.5 Å². The second-order valence-electron chi connectivity index (χ2n) is 7.50. The Labute approximate surface area is 183 Å². The number of aryl methyl sites for hydroxylation is 1. The second-order valence-corrected chi connectivity index (χ2v) is 9.44. The summed E-state index contributed by atoms with van der Waals surface area (Å²) in [6, 6.07) is 3.63. The number of carbonyl (C=O) groups is 3. The molecule has 0 bridgehead atoms. The van der Waals surface area contributed by atoms with E-state index >= 15 is 0 Å². The highest BCUT2D eigenvalue weighted by molar-refractivity contribution is 7.89. The van der Waals surface area contributed by atoms with Gasteiger partial charge in [-0.3, -0.25) is 10.1 Å². The van der Waals surface area contributed by atoms with Gasteiger partial charge in [0.15, 0.2) is 6.61 Å². The number of imide groups is 1. The van der Waals surface area contributed by atoms with Crippen molar-refractivity contribution < 1.29 is 27.5 Å². The van der Waals surface area contributed by atoms with Crippen LogP contribution in [-0.2, 0) is 19.6 Å². The third-order valence-corrected chi connectivity index (χ3v) is 7.35. The Kier molecular flexibility index (Phi) is 9.00. The van der Waals surface area contributed by atoms with Crippen LogP contribution in [0.15, 0.2) is 23.1 Å². The first kappa shape index (κ1) is 24.8. The number of amides is 3. The normalized spacial score (nSPS) is 14.8. The summed E-state index contributed by atoms with van der Waals surface area (Å²) in [5.41, 5.74) is 0.562. The van der Waals surface area contributed by atoms with Crippen molar-refractivity contribution in [3.63, 3.8) is 0 Å². The van der Waals surface area contributed by atoms with Crippen LogP contribution in [0, 0.1) is 6.92 Å². The fraction of sp³-hybridized carbons (Fsp3) is 0.571. The van der Waals surface area contributed by atoms with E-state index < -0.39 is 34.5 Å². The maximum atomic E-state index is 12.7. The van der Waals surface area contributed by atoms with Gasteiger partial charge in [-0.1, -0.05) is 39.2 Å². The van der Waals surface area contributed by atoms with Gasteiger partial charge in [0.1, 0.15) is 0 Å². The Morgan fingerprint density at radius 1 is 1.10 bits per heavy atom. The highest BCUT2D eigenvalue weighted by atomic mass is 32.2. The number of nitrogens with one attached hydrogen (secondary N) is 2. The van der Waals surface area contributed by atoms with E-state index in [4.69, 9.17) is 4.74 Å². The molecule has 2 N–H and O–H groups in total. The molecule has 1 saturated carbocycles. The summed E-state index contributed by atoms with van der Waals surface area (Å²) in [7, 11) is -3.74. The molecule has 1 fully saturated rings. The Morgan fingerprint density at radius 2 is 1.74 bits per heavy atom. The third kappa shape index (κ3) is 6.76. The van der Waals surface area contributed by atoms with E-state index in [1.807, 2.05) is 0 Å². The lowest BCUT2D eigenvalue weighted by atomic mass is 9.96. The van der Waals surface area contributed by atoms with Gasteiger partial charge in [0.25, 0.3) is 5.91 Å². The van der Waals surface area contributed by atoms with Crippen molar-refractivity contribution in [3.05, 3.63) is 29.3 Å². The fourth-order valence-corrected chi connectivity index (χ4v) is 5.02. The molecule has 1 aliphatic rings. The number of esters is 1. The molecule has 1 aromatic carbocycles. The lowest BCUT2D eigenvalue weighted by molar-refractivity contribution is -0.123. The minimum absolute atomic E-state index is 0.0231. The maximum absolute atomic E-state index is 12.7. The van der Waals surface area contributed by atoms with Gasteiger partial charge in [0, 0.05) is 19.1 Å². The van der Waals surface area contributed by atoms with Gasteiger partial charge in [-0.2, -0.15) is 4.31 Å². The number of rotatable bonds is 8. The molecule has 0 unspecified atom stereocenters. The number of carbonyl (C=O) groups excluding carboxylic acids is 3. The van der Waals surface area contributed by atoms with E-state index in [-0.39, 0.29) is 16.5 Å². The van der Waals surface area contributed by atoms with E-state index in [9.17, 15) is 22.8 Å². The Balaban J connectivity index is 1.97. The van der Waals surface area contributed by atoms with E-state index in [1.165, 1.54) is 22.5 Å². The van der Waals surface area contributed by atoms with Crippen LogP contribution >= 0.6 is 0 Å². The quantitative estimate of drug-likeness (QED) is 0.583. The first-order valence-electron chi connectivity index (χ1n) is 10.6. The molecule has 0 aromatic heterocycles. The zero-order valence-corrected chi connectivity index (χ0v) is 19.1. The summed E-state index contributed by atoms with van der Waals surface area (Å²) < 4.78 is 31.7. The van der Waals surface area contributed by atoms with Crippen LogP contribution in [0.4, 0.5) is 4.79 Å². The molecular formula is C21H31N3O6S. The van der Waals surface area contributed by atoms with Crippen LogP contribution in [0.25, 0.3) is 0 Å². The fourth-order valence-electron chi connectivity index (χ4n) is 3.53. The SMILES string of the molecule is CCN(CC)S(=O)(=O)c1ccc(C)c(C(=O)OCC(=O)NC(=O)NC2CCCCC2)c1. The second kappa shape index (κ2) is 11.2. The van der Waals surface area contributed by atoms with Crippen molar-refractivity contribution in [2.75, 3.05) is 19.7 Å². The summed E-state index contributed by atoms with van der Waals surface area (Å²) in [5, 5.41) is 4.89. The van der Waals surface area contributed by atoms with Crippen molar-refractivity contribution in [2.24, 2.45) is 0 Å². The van der Waals surface area contributed by atoms with E-state index in [1.54, 1.807) is 20.8 Å². The maximum Gasteiger partial charge on any atom is 0.338 e. The molecule has 31 heavy (non-hydrogen) atoms. The number of ether oxygens (including phenoxy) is 1. The number of sulfonamides is 1. The number of benzene rings is 1. The minimum Gasteiger partial charge on any atom is -0.452 e. The van der Waals surface area contributed by atoms with Gasteiger partial charge < -0.3 is 10.1 Å². The Hall–Kier alpha value is -2.46. The first-order chi connectivity index (χ1) is 14.7. The van der Waals surface area contributed by atoms with Crippen molar-refractivity contribution in [1.29, 1.82) is 0 Å². The number of hydrogen-bond donors (Lipinski definition) is 2.